The lowest BCUT2D eigenvalue weighted by atomic mass is 10.2. The standard InChI is InChI=1S/C16H15N5O/c1-12-5-4-7-14(9-12)21-11-19-15(20-21)16(22)18-10-13-6-2-3-8-17-13/h2-9,11H,10H2,1H3,(H,18,22). The molecule has 0 bridgehead atoms. The van der Waals surface area contributed by atoms with Gasteiger partial charge in [-0.1, -0.05) is 18.2 Å². The first kappa shape index (κ1) is 13.9. The number of carbonyl (C=O) groups is 1. The van der Waals surface area contributed by atoms with Crippen LogP contribution in [-0.2, 0) is 6.54 Å². The van der Waals surface area contributed by atoms with Gasteiger partial charge < -0.3 is 5.32 Å². The van der Waals surface area contributed by atoms with E-state index in [1.54, 1.807) is 10.9 Å². The van der Waals surface area contributed by atoms with E-state index in [4.69, 9.17) is 0 Å². The van der Waals surface area contributed by atoms with E-state index in [9.17, 15) is 4.79 Å². The van der Waals surface area contributed by atoms with Crippen molar-refractivity contribution in [3.05, 3.63) is 72.1 Å². The van der Waals surface area contributed by atoms with Gasteiger partial charge >= 0.3 is 0 Å². The molecule has 6 nitrogen and oxygen atoms in total. The normalized spacial score (nSPS) is 10.4. The Bertz CT molecular complexity index is 782. The maximum atomic E-state index is 12.1. The Hall–Kier alpha value is -3.02. The number of aromatic nitrogens is 4. The Kier molecular flexibility index (Phi) is 3.91. The largest absolute Gasteiger partial charge is 0.344 e. The lowest BCUT2D eigenvalue weighted by molar-refractivity contribution is 0.0940. The molecule has 0 saturated carbocycles. The third-order valence-corrected chi connectivity index (χ3v) is 3.12. The molecule has 0 saturated heterocycles. The van der Waals surface area contributed by atoms with E-state index in [0.29, 0.717) is 6.54 Å². The van der Waals surface area contributed by atoms with Gasteiger partial charge in [-0.15, -0.1) is 5.10 Å². The smallest absolute Gasteiger partial charge is 0.291 e. The molecule has 0 radical (unpaired) electrons. The quantitative estimate of drug-likeness (QED) is 0.797. The first-order valence-electron chi connectivity index (χ1n) is 6.89. The first-order chi connectivity index (χ1) is 10.7. The van der Waals surface area contributed by atoms with Gasteiger partial charge in [-0.25, -0.2) is 9.67 Å². The number of pyridine rings is 1. The maximum absolute atomic E-state index is 12.1. The fraction of sp³-hybridized carbons (Fsp3) is 0.125. The Morgan fingerprint density at radius 2 is 2.09 bits per heavy atom. The third kappa shape index (κ3) is 3.17. The second-order valence-corrected chi connectivity index (χ2v) is 4.86. The minimum atomic E-state index is -0.322. The molecule has 3 aromatic rings. The molecule has 0 unspecified atom stereocenters. The number of benzene rings is 1. The topological polar surface area (TPSA) is 72.7 Å². The van der Waals surface area contributed by atoms with Crippen LogP contribution in [0.15, 0.2) is 55.0 Å². The number of amides is 1. The van der Waals surface area contributed by atoms with Crippen molar-refractivity contribution in [1.29, 1.82) is 0 Å². The van der Waals surface area contributed by atoms with Crippen LogP contribution in [0.25, 0.3) is 5.69 Å². The summed E-state index contributed by atoms with van der Waals surface area (Å²) in [7, 11) is 0. The summed E-state index contributed by atoms with van der Waals surface area (Å²) in [6.07, 6.45) is 3.22. The van der Waals surface area contributed by atoms with Crippen LogP contribution in [0, 0.1) is 6.92 Å². The van der Waals surface area contributed by atoms with Gasteiger partial charge in [0.2, 0.25) is 5.82 Å². The molecule has 0 spiro atoms. The van der Waals surface area contributed by atoms with Crippen molar-refractivity contribution in [2.24, 2.45) is 0 Å². The number of aryl methyl sites for hydroxylation is 1. The molecule has 2 aromatic heterocycles. The molecule has 0 fully saturated rings. The summed E-state index contributed by atoms with van der Waals surface area (Å²) in [4.78, 5) is 20.3. The number of hydrogen-bond acceptors (Lipinski definition) is 4. The van der Waals surface area contributed by atoms with Crippen molar-refractivity contribution in [1.82, 2.24) is 25.1 Å². The fourth-order valence-corrected chi connectivity index (χ4v) is 2.01. The van der Waals surface area contributed by atoms with E-state index < -0.39 is 0 Å². The molecular weight excluding hydrogens is 278 g/mol. The summed E-state index contributed by atoms with van der Waals surface area (Å²) >= 11 is 0. The molecule has 1 amide bonds. The molecule has 1 N–H and O–H groups in total. The van der Waals surface area contributed by atoms with Crippen molar-refractivity contribution >= 4 is 5.91 Å². The predicted octanol–water partition coefficient (Wildman–Crippen LogP) is 1.90. The minimum Gasteiger partial charge on any atom is -0.344 e. The van der Waals surface area contributed by atoms with Crippen LogP contribution in [0.4, 0.5) is 0 Å². The Morgan fingerprint density at radius 3 is 2.86 bits per heavy atom. The van der Waals surface area contributed by atoms with Gasteiger partial charge in [0, 0.05) is 6.20 Å². The molecular formula is C16H15N5O. The van der Waals surface area contributed by atoms with Gasteiger partial charge in [0.1, 0.15) is 6.33 Å². The van der Waals surface area contributed by atoms with Crippen molar-refractivity contribution in [3.8, 4) is 5.69 Å². The van der Waals surface area contributed by atoms with Crippen molar-refractivity contribution in [2.75, 3.05) is 0 Å². The van der Waals surface area contributed by atoms with E-state index in [-0.39, 0.29) is 11.7 Å². The van der Waals surface area contributed by atoms with Crippen LogP contribution in [-0.4, -0.2) is 25.7 Å². The Morgan fingerprint density at radius 1 is 1.18 bits per heavy atom. The van der Waals surface area contributed by atoms with Gasteiger partial charge in [0.25, 0.3) is 5.91 Å². The van der Waals surface area contributed by atoms with Crippen LogP contribution in [0.3, 0.4) is 0 Å². The van der Waals surface area contributed by atoms with E-state index in [1.807, 2.05) is 49.4 Å². The van der Waals surface area contributed by atoms with Gasteiger partial charge in [0.15, 0.2) is 0 Å². The second kappa shape index (κ2) is 6.17. The Balaban J connectivity index is 1.69. The monoisotopic (exact) mass is 293 g/mol. The average molecular weight is 293 g/mol. The summed E-state index contributed by atoms with van der Waals surface area (Å²) in [5.41, 5.74) is 2.78. The second-order valence-electron chi connectivity index (χ2n) is 4.86. The molecule has 110 valence electrons. The van der Waals surface area contributed by atoms with Crippen molar-refractivity contribution in [2.45, 2.75) is 13.5 Å². The fourth-order valence-electron chi connectivity index (χ4n) is 2.01. The highest BCUT2D eigenvalue weighted by molar-refractivity contribution is 5.90. The highest BCUT2D eigenvalue weighted by Gasteiger charge is 2.12. The number of nitrogens with one attached hydrogen (secondary N) is 1. The molecule has 0 aliphatic rings. The summed E-state index contributed by atoms with van der Waals surface area (Å²) < 4.78 is 1.59. The summed E-state index contributed by atoms with van der Waals surface area (Å²) in [5.74, 6) is -0.186. The summed E-state index contributed by atoms with van der Waals surface area (Å²) in [6.45, 7) is 2.35. The molecule has 1 aromatic carbocycles. The van der Waals surface area contributed by atoms with Crippen LogP contribution in [0.1, 0.15) is 21.9 Å². The molecule has 2 heterocycles. The maximum Gasteiger partial charge on any atom is 0.291 e. The molecule has 3 rings (SSSR count). The highest BCUT2D eigenvalue weighted by atomic mass is 16.2. The van der Waals surface area contributed by atoms with Crippen molar-refractivity contribution < 1.29 is 4.79 Å². The number of nitrogens with zero attached hydrogens (tertiary/aromatic N) is 4. The molecule has 0 aliphatic carbocycles. The van der Waals surface area contributed by atoms with Gasteiger partial charge in [-0.3, -0.25) is 9.78 Å². The number of rotatable bonds is 4. The lowest BCUT2D eigenvalue weighted by Gasteiger charge is -2.02. The zero-order chi connectivity index (χ0) is 15.4. The van der Waals surface area contributed by atoms with Gasteiger partial charge in [-0.05, 0) is 36.8 Å². The first-order valence-corrected chi connectivity index (χ1v) is 6.89. The highest BCUT2D eigenvalue weighted by Crippen LogP contribution is 2.08. The molecule has 6 heteroatoms. The van der Waals surface area contributed by atoms with E-state index in [0.717, 1.165) is 16.9 Å². The molecule has 22 heavy (non-hydrogen) atoms. The lowest BCUT2D eigenvalue weighted by Crippen LogP contribution is -2.24. The van der Waals surface area contributed by atoms with Crippen molar-refractivity contribution in [3.63, 3.8) is 0 Å². The summed E-state index contributed by atoms with van der Waals surface area (Å²) in [5, 5.41) is 6.96. The molecule has 0 aliphatic heterocycles. The molecule has 0 atom stereocenters. The third-order valence-electron chi connectivity index (χ3n) is 3.12. The average Bonchev–Trinajstić information content (AvgIpc) is 3.04. The SMILES string of the molecule is Cc1cccc(-n2cnc(C(=O)NCc3ccccn3)n2)c1. The zero-order valence-electron chi connectivity index (χ0n) is 12.1. The van der Waals surface area contributed by atoms with Crippen LogP contribution in [0.5, 0.6) is 0 Å². The Labute approximate surface area is 127 Å². The number of hydrogen-bond donors (Lipinski definition) is 1. The van der Waals surface area contributed by atoms with Crippen LogP contribution in [0.2, 0.25) is 0 Å². The van der Waals surface area contributed by atoms with Crippen LogP contribution >= 0.6 is 0 Å². The predicted molar refractivity (Wildman–Crippen MR) is 81.5 cm³/mol. The summed E-state index contributed by atoms with van der Waals surface area (Å²) in [6, 6.07) is 13.4. The van der Waals surface area contributed by atoms with E-state index in [2.05, 4.69) is 20.4 Å². The van der Waals surface area contributed by atoms with E-state index in [1.165, 1.54) is 6.33 Å². The van der Waals surface area contributed by atoms with Crippen LogP contribution < -0.4 is 5.32 Å². The van der Waals surface area contributed by atoms with Gasteiger partial charge in [0.05, 0.1) is 17.9 Å². The zero-order valence-corrected chi connectivity index (χ0v) is 12.1. The number of carbonyl (C=O) groups excluding carboxylic acids is 1. The van der Waals surface area contributed by atoms with Gasteiger partial charge in [-0.2, -0.15) is 0 Å². The van der Waals surface area contributed by atoms with E-state index >= 15 is 0 Å². The minimum absolute atomic E-state index is 0.137.